The molecule has 0 radical (unpaired) electrons. The molecule has 0 saturated carbocycles. The standard InChI is InChI=1S/C20H22ClN3O3/c1-13-7-6-8-15(11-13)19(26)22-14(2)20(27)24(3)12-18(25)23-17-10-5-4-9-16(17)21/h4-11,14H,12H2,1-3H3,(H,22,26)(H,23,25)/t14-/m0/s1. The van der Waals surface area contributed by atoms with Gasteiger partial charge in [0.25, 0.3) is 5.91 Å². The second kappa shape index (κ2) is 9.19. The Kier molecular flexibility index (Phi) is 6.96. The molecule has 2 N–H and O–H groups in total. The minimum atomic E-state index is -0.767. The van der Waals surface area contributed by atoms with Crippen LogP contribution in [0.15, 0.2) is 48.5 Å². The summed E-state index contributed by atoms with van der Waals surface area (Å²) in [4.78, 5) is 38.1. The van der Waals surface area contributed by atoms with Crippen molar-refractivity contribution in [1.29, 1.82) is 0 Å². The summed E-state index contributed by atoms with van der Waals surface area (Å²) in [5.74, 6) is -1.09. The van der Waals surface area contributed by atoms with Gasteiger partial charge in [-0.25, -0.2) is 0 Å². The van der Waals surface area contributed by atoms with Crippen LogP contribution in [0.4, 0.5) is 5.69 Å². The van der Waals surface area contributed by atoms with Crippen LogP contribution >= 0.6 is 11.6 Å². The Morgan fingerprint density at radius 3 is 2.48 bits per heavy atom. The number of halogens is 1. The Morgan fingerprint density at radius 1 is 1.11 bits per heavy atom. The maximum absolute atomic E-state index is 12.4. The zero-order chi connectivity index (χ0) is 20.0. The molecule has 6 nitrogen and oxygen atoms in total. The third-order valence-electron chi connectivity index (χ3n) is 3.90. The summed E-state index contributed by atoms with van der Waals surface area (Å²) < 4.78 is 0. The van der Waals surface area contributed by atoms with Crippen LogP contribution in [-0.4, -0.2) is 42.3 Å². The summed E-state index contributed by atoms with van der Waals surface area (Å²) in [6.07, 6.45) is 0. The molecule has 2 rings (SSSR count). The predicted molar refractivity (Wildman–Crippen MR) is 106 cm³/mol. The van der Waals surface area contributed by atoms with Crippen LogP contribution in [0.1, 0.15) is 22.8 Å². The lowest BCUT2D eigenvalue weighted by Crippen LogP contribution is -2.47. The van der Waals surface area contributed by atoms with Crippen molar-refractivity contribution in [2.75, 3.05) is 18.9 Å². The summed E-state index contributed by atoms with van der Waals surface area (Å²) in [7, 11) is 1.50. The van der Waals surface area contributed by atoms with Crippen LogP contribution in [-0.2, 0) is 9.59 Å². The normalized spacial score (nSPS) is 11.4. The molecule has 142 valence electrons. The van der Waals surface area contributed by atoms with Gasteiger partial charge in [-0.15, -0.1) is 0 Å². The number of aryl methyl sites for hydroxylation is 1. The number of hydrogen-bond donors (Lipinski definition) is 2. The smallest absolute Gasteiger partial charge is 0.251 e. The van der Waals surface area contributed by atoms with Gasteiger partial charge in [-0.3, -0.25) is 14.4 Å². The summed E-state index contributed by atoms with van der Waals surface area (Å²) in [5.41, 5.74) is 1.91. The molecule has 0 unspecified atom stereocenters. The van der Waals surface area contributed by atoms with Gasteiger partial charge in [-0.2, -0.15) is 0 Å². The molecule has 0 bridgehead atoms. The number of anilines is 1. The molecule has 0 fully saturated rings. The predicted octanol–water partition coefficient (Wildman–Crippen LogP) is 2.86. The van der Waals surface area contributed by atoms with Gasteiger partial charge in [0.2, 0.25) is 11.8 Å². The van der Waals surface area contributed by atoms with Crippen molar-refractivity contribution in [1.82, 2.24) is 10.2 Å². The van der Waals surface area contributed by atoms with E-state index in [-0.39, 0.29) is 24.3 Å². The minimum absolute atomic E-state index is 0.158. The number of nitrogens with one attached hydrogen (secondary N) is 2. The molecule has 3 amide bonds. The van der Waals surface area contributed by atoms with Gasteiger partial charge in [0.15, 0.2) is 0 Å². The van der Waals surface area contributed by atoms with Crippen molar-refractivity contribution in [3.63, 3.8) is 0 Å². The highest BCUT2D eigenvalue weighted by molar-refractivity contribution is 6.33. The Hall–Kier alpha value is -2.86. The van der Waals surface area contributed by atoms with Crippen LogP contribution in [0, 0.1) is 6.92 Å². The van der Waals surface area contributed by atoms with Crippen molar-refractivity contribution in [2.24, 2.45) is 0 Å². The van der Waals surface area contributed by atoms with E-state index >= 15 is 0 Å². The average molecular weight is 388 g/mol. The van der Waals surface area contributed by atoms with E-state index in [4.69, 9.17) is 11.6 Å². The fraction of sp³-hybridized carbons (Fsp3) is 0.250. The number of hydrogen-bond acceptors (Lipinski definition) is 3. The van der Waals surface area contributed by atoms with Crippen molar-refractivity contribution in [2.45, 2.75) is 19.9 Å². The Bertz CT molecular complexity index is 854. The summed E-state index contributed by atoms with van der Waals surface area (Å²) in [6, 6.07) is 13.2. The second-order valence-corrected chi connectivity index (χ2v) is 6.69. The van der Waals surface area contributed by atoms with Gasteiger partial charge in [0.05, 0.1) is 17.3 Å². The van der Waals surface area contributed by atoms with E-state index < -0.39 is 6.04 Å². The van der Waals surface area contributed by atoms with Gasteiger partial charge in [-0.05, 0) is 38.1 Å². The molecule has 0 aromatic heterocycles. The van der Waals surface area contributed by atoms with Crippen LogP contribution in [0.5, 0.6) is 0 Å². The Labute approximate surface area is 163 Å². The zero-order valence-corrected chi connectivity index (χ0v) is 16.2. The third kappa shape index (κ3) is 5.82. The van der Waals surface area contributed by atoms with E-state index in [1.54, 1.807) is 49.4 Å². The van der Waals surface area contributed by atoms with E-state index in [9.17, 15) is 14.4 Å². The van der Waals surface area contributed by atoms with Crippen molar-refractivity contribution in [3.05, 3.63) is 64.7 Å². The SMILES string of the molecule is Cc1cccc(C(=O)N[C@@H](C)C(=O)N(C)CC(=O)Nc2ccccc2Cl)c1. The molecule has 0 spiro atoms. The maximum atomic E-state index is 12.4. The highest BCUT2D eigenvalue weighted by Gasteiger charge is 2.22. The summed E-state index contributed by atoms with van der Waals surface area (Å²) in [6.45, 7) is 3.31. The summed E-state index contributed by atoms with van der Waals surface area (Å²) >= 11 is 6.00. The van der Waals surface area contributed by atoms with Crippen LogP contribution in [0.3, 0.4) is 0 Å². The molecule has 27 heavy (non-hydrogen) atoms. The molecule has 0 aliphatic rings. The van der Waals surface area contributed by atoms with Crippen molar-refractivity contribution >= 4 is 35.0 Å². The molecule has 0 heterocycles. The van der Waals surface area contributed by atoms with E-state index in [1.807, 2.05) is 13.0 Å². The lowest BCUT2D eigenvalue weighted by atomic mass is 10.1. The van der Waals surface area contributed by atoms with Crippen LogP contribution < -0.4 is 10.6 Å². The van der Waals surface area contributed by atoms with Crippen molar-refractivity contribution < 1.29 is 14.4 Å². The topological polar surface area (TPSA) is 78.5 Å². The minimum Gasteiger partial charge on any atom is -0.341 e. The van der Waals surface area contributed by atoms with E-state index in [2.05, 4.69) is 10.6 Å². The molecule has 0 aliphatic carbocycles. The number of nitrogens with zero attached hydrogens (tertiary/aromatic N) is 1. The van der Waals surface area contributed by atoms with Crippen LogP contribution in [0.25, 0.3) is 0 Å². The van der Waals surface area contributed by atoms with Gasteiger partial charge in [0.1, 0.15) is 6.04 Å². The van der Waals surface area contributed by atoms with Crippen LogP contribution in [0.2, 0.25) is 5.02 Å². The second-order valence-electron chi connectivity index (χ2n) is 6.29. The highest BCUT2D eigenvalue weighted by atomic mass is 35.5. The zero-order valence-electron chi connectivity index (χ0n) is 15.5. The molecule has 0 saturated heterocycles. The lowest BCUT2D eigenvalue weighted by molar-refractivity contribution is -0.134. The Morgan fingerprint density at radius 2 is 1.81 bits per heavy atom. The monoisotopic (exact) mass is 387 g/mol. The number of carbonyl (C=O) groups excluding carboxylic acids is 3. The lowest BCUT2D eigenvalue weighted by Gasteiger charge is -2.22. The largest absolute Gasteiger partial charge is 0.341 e. The van der Waals surface area contributed by atoms with Gasteiger partial charge < -0.3 is 15.5 Å². The molecule has 2 aromatic carbocycles. The first-order valence-electron chi connectivity index (χ1n) is 8.45. The number of rotatable bonds is 6. The third-order valence-corrected chi connectivity index (χ3v) is 4.23. The first kappa shape index (κ1) is 20.5. The molecular weight excluding hydrogens is 366 g/mol. The molecule has 2 aromatic rings. The Balaban J connectivity index is 1.90. The van der Waals surface area contributed by atoms with Crippen molar-refractivity contribution in [3.8, 4) is 0 Å². The number of carbonyl (C=O) groups is 3. The summed E-state index contributed by atoms with van der Waals surface area (Å²) in [5, 5.41) is 5.72. The molecule has 0 aliphatic heterocycles. The molecular formula is C20H22ClN3O3. The quantitative estimate of drug-likeness (QED) is 0.800. The first-order chi connectivity index (χ1) is 12.8. The number of para-hydroxylation sites is 1. The van der Waals surface area contributed by atoms with Gasteiger partial charge in [-0.1, -0.05) is 41.4 Å². The number of likely N-dealkylation sites (N-methyl/N-ethyl adjacent to an activating group) is 1. The van der Waals surface area contributed by atoms with E-state index in [1.165, 1.54) is 11.9 Å². The molecule has 1 atom stereocenters. The van der Waals surface area contributed by atoms with Gasteiger partial charge in [0, 0.05) is 12.6 Å². The first-order valence-corrected chi connectivity index (χ1v) is 8.82. The average Bonchev–Trinajstić information content (AvgIpc) is 2.62. The van der Waals surface area contributed by atoms with E-state index in [0.29, 0.717) is 16.3 Å². The highest BCUT2D eigenvalue weighted by Crippen LogP contribution is 2.20. The fourth-order valence-corrected chi connectivity index (χ4v) is 2.69. The fourth-order valence-electron chi connectivity index (χ4n) is 2.50. The van der Waals surface area contributed by atoms with E-state index in [0.717, 1.165) is 5.56 Å². The molecule has 7 heteroatoms. The maximum Gasteiger partial charge on any atom is 0.251 e. The van der Waals surface area contributed by atoms with Gasteiger partial charge >= 0.3 is 0 Å². The number of amides is 3. The number of benzene rings is 2.